The summed E-state index contributed by atoms with van der Waals surface area (Å²) in [5, 5.41) is 1.17. The van der Waals surface area contributed by atoms with E-state index in [0.29, 0.717) is 13.1 Å². The van der Waals surface area contributed by atoms with Crippen molar-refractivity contribution in [3.63, 3.8) is 0 Å². The molecular weight excluding hydrogens is 362 g/mol. The number of urea groups is 1. The second kappa shape index (κ2) is 6.76. The van der Waals surface area contributed by atoms with Crippen molar-refractivity contribution in [3.8, 4) is 16.9 Å². The van der Waals surface area contributed by atoms with E-state index in [-0.39, 0.29) is 11.6 Å². The molecule has 0 bridgehead atoms. The number of primary amides is 1. The highest BCUT2D eigenvalue weighted by molar-refractivity contribution is 5.88. The van der Waals surface area contributed by atoms with Crippen LogP contribution >= 0.6 is 0 Å². The van der Waals surface area contributed by atoms with E-state index in [2.05, 4.69) is 48.3 Å². The molecule has 0 atom stereocenters. The molecule has 3 aromatic rings. The van der Waals surface area contributed by atoms with Gasteiger partial charge in [0, 0.05) is 37.5 Å². The van der Waals surface area contributed by atoms with Gasteiger partial charge in [-0.25, -0.2) is 4.79 Å². The second-order valence-electron chi connectivity index (χ2n) is 8.25. The number of likely N-dealkylation sites (tertiary alicyclic amines) is 1. The molecule has 2 aromatic carbocycles. The van der Waals surface area contributed by atoms with Gasteiger partial charge < -0.3 is 15.4 Å². The predicted octanol–water partition coefficient (Wildman–Crippen LogP) is 4.45. The van der Waals surface area contributed by atoms with Crippen molar-refractivity contribution in [3.05, 3.63) is 59.8 Å². The van der Waals surface area contributed by atoms with Crippen molar-refractivity contribution in [1.29, 1.82) is 0 Å². The number of rotatable bonds is 1. The summed E-state index contributed by atoms with van der Waals surface area (Å²) in [7, 11) is 0. The van der Waals surface area contributed by atoms with Gasteiger partial charge in [-0.2, -0.15) is 0 Å². The van der Waals surface area contributed by atoms with Crippen LogP contribution in [0.15, 0.2) is 48.7 Å². The predicted molar refractivity (Wildman–Crippen MR) is 114 cm³/mol. The van der Waals surface area contributed by atoms with Gasteiger partial charge in [-0.1, -0.05) is 24.3 Å². The van der Waals surface area contributed by atoms with Gasteiger partial charge >= 0.3 is 6.03 Å². The van der Waals surface area contributed by atoms with E-state index in [1.165, 1.54) is 27.6 Å². The zero-order valence-corrected chi connectivity index (χ0v) is 16.6. The summed E-state index contributed by atoms with van der Waals surface area (Å²) >= 11 is 0. The highest BCUT2D eigenvalue weighted by atomic mass is 16.5. The Bertz CT molecular complexity index is 1100. The van der Waals surface area contributed by atoms with Gasteiger partial charge in [0.1, 0.15) is 11.4 Å². The first-order valence-corrected chi connectivity index (χ1v) is 10.3. The first-order chi connectivity index (χ1) is 14.0. The molecule has 2 aliphatic rings. The van der Waals surface area contributed by atoms with E-state index in [0.717, 1.165) is 36.9 Å². The lowest BCUT2D eigenvalue weighted by Crippen LogP contribution is -2.52. The number of nitrogens with two attached hydrogens (primary N) is 1. The Balaban J connectivity index is 1.42. The number of piperidine rings is 1. The van der Waals surface area contributed by atoms with Crippen molar-refractivity contribution in [2.24, 2.45) is 5.73 Å². The number of aromatic nitrogens is 1. The van der Waals surface area contributed by atoms with Crippen LogP contribution in [0.25, 0.3) is 22.0 Å². The van der Waals surface area contributed by atoms with E-state index >= 15 is 0 Å². The number of carbonyl (C=O) groups excluding carboxylic acids is 1. The summed E-state index contributed by atoms with van der Waals surface area (Å²) in [5.74, 6) is 0.976. The Morgan fingerprint density at radius 2 is 1.97 bits per heavy atom. The zero-order valence-electron chi connectivity index (χ0n) is 16.6. The van der Waals surface area contributed by atoms with E-state index in [4.69, 9.17) is 10.5 Å². The van der Waals surface area contributed by atoms with Gasteiger partial charge in [0.2, 0.25) is 0 Å². The molecule has 0 saturated carbocycles. The molecule has 29 heavy (non-hydrogen) atoms. The lowest BCUT2D eigenvalue weighted by molar-refractivity contribution is -0.00471. The third-order valence-electron chi connectivity index (χ3n) is 6.56. The molecule has 0 radical (unpaired) electrons. The van der Waals surface area contributed by atoms with Gasteiger partial charge in [-0.05, 0) is 60.2 Å². The lowest BCUT2D eigenvalue weighted by atomic mass is 9.82. The van der Waals surface area contributed by atoms with Crippen molar-refractivity contribution >= 4 is 16.9 Å². The topological polar surface area (TPSA) is 68.5 Å². The van der Waals surface area contributed by atoms with Gasteiger partial charge in [-0.15, -0.1) is 0 Å². The van der Waals surface area contributed by atoms with Crippen LogP contribution < -0.4 is 10.5 Å². The van der Waals surface area contributed by atoms with E-state index in [1.807, 2.05) is 12.3 Å². The Morgan fingerprint density at radius 1 is 1.14 bits per heavy atom. The van der Waals surface area contributed by atoms with Gasteiger partial charge in [-0.3, -0.25) is 4.98 Å². The minimum atomic E-state index is -0.332. The first kappa shape index (κ1) is 18.0. The van der Waals surface area contributed by atoms with Crippen LogP contribution in [0.1, 0.15) is 30.4 Å². The van der Waals surface area contributed by atoms with Crippen molar-refractivity contribution in [1.82, 2.24) is 9.88 Å². The highest BCUT2D eigenvalue weighted by Crippen LogP contribution is 2.41. The van der Waals surface area contributed by atoms with Gasteiger partial charge in [0.25, 0.3) is 0 Å². The Morgan fingerprint density at radius 3 is 2.76 bits per heavy atom. The first-order valence-electron chi connectivity index (χ1n) is 10.3. The Kier molecular flexibility index (Phi) is 4.19. The van der Waals surface area contributed by atoms with E-state index in [1.54, 1.807) is 4.90 Å². The molecule has 1 spiro atoms. The molecule has 2 aliphatic heterocycles. The number of pyridine rings is 1. The highest BCUT2D eigenvalue weighted by Gasteiger charge is 2.40. The van der Waals surface area contributed by atoms with Gasteiger partial charge in [0.05, 0.1) is 5.52 Å². The fourth-order valence-electron chi connectivity index (χ4n) is 4.78. The normalized spacial score (nSPS) is 17.8. The zero-order chi connectivity index (χ0) is 20.0. The maximum atomic E-state index is 11.4. The minimum absolute atomic E-state index is 0.163. The molecule has 5 nitrogen and oxygen atoms in total. The molecular formula is C24H25N3O2. The number of hydrogen-bond donors (Lipinski definition) is 1. The second-order valence-corrected chi connectivity index (χ2v) is 8.25. The summed E-state index contributed by atoms with van der Waals surface area (Å²) in [6.07, 6.45) is 5.50. The average molecular weight is 387 g/mol. The fourth-order valence-corrected chi connectivity index (χ4v) is 4.78. The van der Waals surface area contributed by atoms with E-state index < -0.39 is 0 Å². The number of carbonyl (C=O) groups is 1. The molecule has 5 rings (SSSR count). The largest absolute Gasteiger partial charge is 0.487 e. The number of ether oxygens (including phenoxy) is 1. The third-order valence-corrected chi connectivity index (χ3v) is 6.56. The number of nitrogens with zero attached hydrogens (tertiary/aromatic N) is 2. The lowest BCUT2D eigenvalue weighted by Gasteiger charge is -2.44. The van der Waals surface area contributed by atoms with Crippen LogP contribution in [0, 0.1) is 6.92 Å². The van der Waals surface area contributed by atoms with Crippen LogP contribution in [-0.2, 0) is 6.42 Å². The van der Waals surface area contributed by atoms with Crippen molar-refractivity contribution in [2.75, 3.05) is 13.1 Å². The van der Waals surface area contributed by atoms with Crippen LogP contribution in [0.2, 0.25) is 0 Å². The number of amides is 2. The molecule has 2 amide bonds. The molecule has 1 aromatic heterocycles. The smallest absolute Gasteiger partial charge is 0.314 e. The number of benzene rings is 2. The average Bonchev–Trinajstić information content (AvgIpc) is 2.74. The molecule has 148 valence electrons. The molecule has 1 saturated heterocycles. The third kappa shape index (κ3) is 3.11. The Labute approximate surface area is 170 Å². The SMILES string of the molecule is Cc1c(-c2ccc3c(c2)CCC2(CCN(C(N)=O)CC2)O3)ccc2cccnc12. The molecule has 1 fully saturated rings. The number of hydrogen-bond acceptors (Lipinski definition) is 3. The maximum Gasteiger partial charge on any atom is 0.314 e. The van der Waals surface area contributed by atoms with Crippen LogP contribution in [0.5, 0.6) is 5.75 Å². The molecule has 0 aliphatic carbocycles. The minimum Gasteiger partial charge on any atom is -0.487 e. The van der Waals surface area contributed by atoms with Crippen LogP contribution in [0.3, 0.4) is 0 Å². The number of aryl methyl sites for hydroxylation is 2. The summed E-state index contributed by atoms with van der Waals surface area (Å²) < 4.78 is 6.49. The summed E-state index contributed by atoms with van der Waals surface area (Å²) in [5.41, 5.74) is 11.2. The van der Waals surface area contributed by atoms with Crippen molar-refractivity contribution in [2.45, 2.75) is 38.2 Å². The fraction of sp³-hybridized carbons (Fsp3) is 0.333. The molecule has 5 heteroatoms. The van der Waals surface area contributed by atoms with Crippen LogP contribution in [0.4, 0.5) is 4.79 Å². The summed E-state index contributed by atoms with van der Waals surface area (Å²) in [6.45, 7) is 3.49. The molecule has 2 N–H and O–H groups in total. The summed E-state index contributed by atoms with van der Waals surface area (Å²) in [4.78, 5) is 17.7. The molecule has 3 heterocycles. The number of fused-ring (bicyclic) bond motifs is 2. The summed E-state index contributed by atoms with van der Waals surface area (Å²) in [6, 6.07) is 14.6. The van der Waals surface area contributed by atoms with Crippen LogP contribution in [-0.4, -0.2) is 34.6 Å². The van der Waals surface area contributed by atoms with E-state index in [9.17, 15) is 4.79 Å². The molecule has 0 unspecified atom stereocenters. The quantitative estimate of drug-likeness (QED) is 0.671. The maximum absolute atomic E-state index is 11.4. The van der Waals surface area contributed by atoms with Crippen molar-refractivity contribution < 1.29 is 9.53 Å². The Hall–Kier alpha value is -3.08. The monoisotopic (exact) mass is 387 g/mol. The van der Waals surface area contributed by atoms with Gasteiger partial charge in [0.15, 0.2) is 0 Å². The standard InChI is InChI=1S/C24H25N3O2/c1-16-20(6-4-17-3-2-12-26-22(16)17)18-5-7-21-19(15-18)8-9-24(29-21)10-13-27(14-11-24)23(25)28/h2-7,12,15H,8-11,13-14H2,1H3,(H2,25,28).